The fourth-order valence-corrected chi connectivity index (χ4v) is 4.14. The Bertz CT molecular complexity index is 853. The van der Waals surface area contributed by atoms with Crippen molar-refractivity contribution in [2.45, 2.75) is 31.7 Å². The quantitative estimate of drug-likeness (QED) is 0.453. The van der Waals surface area contributed by atoms with Gasteiger partial charge < -0.3 is 24.5 Å². The number of methoxy groups -OCH3 is 1. The Balaban J connectivity index is 0.000000404. The van der Waals surface area contributed by atoms with Crippen LogP contribution in [0.15, 0.2) is 23.0 Å². The first-order valence-corrected chi connectivity index (χ1v) is 10.8. The zero-order chi connectivity index (χ0) is 28.4. The van der Waals surface area contributed by atoms with Crippen molar-refractivity contribution in [3.63, 3.8) is 0 Å². The molecule has 16 heteroatoms. The zero-order valence-corrected chi connectivity index (χ0v) is 19.7. The number of carboxylic acid groups (broad SMARTS) is 3. The van der Waals surface area contributed by atoms with Gasteiger partial charge in [-0.15, -0.1) is 0 Å². The summed E-state index contributed by atoms with van der Waals surface area (Å²) >= 11 is 0. The van der Waals surface area contributed by atoms with E-state index in [0.29, 0.717) is 13.2 Å². The Morgan fingerprint density at radius 1 is 1.05 bits per heavy atom. The molecule has 10 nitrogen and oxygen atoms in total. The number of fused-ring (bicyclic) bond motifs is 1. The van der Waals surface area contributed by atoms with E-state index in [2.05, 4.69) is 9.80 Å². The van der Waals surface area contributed by atoms with E-state index in [1.54, 1.807) is 19.6 Å². The van der Waals surface area contributed by atoms with Gasteiger partial charge in [-0.05, 0) is 25.5 Å². The lowest BCUT2D eigenvalue weighted by atomic mass is 9.75. The molecule has 2 aliphatic rings. The number of furan rings is 1. The Morgan fingerprint density at radius 3 is 2.03 bits per heavy atom. The van der Waals surface area contributed by atoms with E-state index < -0.39 is 35.7 Å². The average molecular weight is 550 g/mol. The van der Waals surface area contributed by atoms with E-state index in [9.17, 15) is 36.2 Å². The van der Waals surface area contributed by atoms with Crippen LogP contribution >= 0.6 is 0 Å². The van der Waals surface area contributed by atoms with Gasteiger partial charge in [0, 0.05) is 51.3 Å². The van der Waals surface area contributed by atoms with E-state index in [4.69, 9.17) is 29.0 Å². The Kier molecular flexibility index (Phi) is 11.8. The Labute approximate surface area is 207 Å². The van der Waals surface area contributed by atoms with Gasteiger partial charge in [0.2, 0.25) is 0 Å². The van der Waals surface area contributed by atoms with Crippen molar-refractivity contribution in [2.24, 2.45) is 11.3 Å². The molecule has 2 saturated heterocycles. The van der Waals surface area contributed by atoms with Gasteiger partial charge in [0.1, 0.15) is 0 Å². The van der Waals surface area contributed by atoms with Crippen LogP contribution in [0.3, 0.4) is 0 Å². The molecule has 212 valence electrons. The second kappa shape index (κ2) is 13.6. The van der Waals surface area contributed by atoms with Gasteiger partial charge in [0.15, 0.2) is 0 Å². The van der Waals surface area contributed by atoms with Crippen molar-refractivity contribution in [1.82, 2.24) is 9.80 Å². The molecule has 0 bridgehead atoms. The third kappa shape index (κ3) is 10.2. The van der Waals surface area contributed by atoms with Gasteiger partial charge in [-0.25, -0.2) is 9.59 Å². The van der Waals surface area contributed by atoms with Crippen molar-refractivity contribution in [2.75, 3.05) is 46.4 Å². The SMILES string of the molecule is COCCN1C[C@@H]2CN(Cc3ccoc3)CCC[C@]2(C(=O)O)C1.O=C(O)C(F)(F)F.O=C(O)C(F)(F)F. The number of alkyl halides is 6. The van der Waals surface area contributed by atoms with Crippen LogP contribution < -0.4 is 0 Å². The van der Waals surface area contributed by atoms with Crippen LogP contribution in [-0.4, -0.2) is 102 Å². The number of halogens is 6. The summed E-state index contributed by atoms with van der Waals surface area (Å²) in [6.45, 7) is 5.58. The first-order valence-electron chi connectivity index (χ1n) is 10.8. The van der Waals surface area contributed by atoms with Crippen molar-refractivity contribution in [1.29, 1.82) is 0 Å². The van der Waals surface area contributed by atoms with Crippen molar-refractivity contribution >= 4 is 17.9 Å². The number of carbonyl (C=O) groups is 3. The van der Waals surface area contributed by atoms with Gasteiger partial charge in [-0.2, -0.15) is 26.3 Å². The van der Waals surface area contributed by atoms with Crippen molar-refractivity contribution in [3.05, 3.63) is 24.2 Å². The topological polar surface area (TPSA) is 141 Å². The zero-order valence-electron chi connectivity index (χ0n) is 19.7. The standard InChI is InChI=1S/C17H26N2O4.2C2HF3O2/c1-22-8-6-19-11-15-10-18(9-14-3-7-23-12-14)5-2-4-17(15,13-19)16(20)21;2*3-2(4,5)1(6)7/h3,7,12,15H,2,4-6,8-11,13H2,1H3,(H,20,21);2*(H,6,7)/t15-,17-;;/m0../s1. The van der Waals surface area contributed by atoms with Crippen LogP contribution in [0.5, 0.6) is 0 Å². The van der Waals surface area contributed by atoms with Gasteiger partial charge in [-0.1, -0.05) is 0 Å². The molecular weight excluding hydrogens is 522 g/mol. The smallest absolute Gasteiger partial charge is 0.481 e. The maximum Gasteiger partial charge on any atom is 0.490 e. The molecule has 0 saturated carbocycles. The van der Waals surface area contributed by atoms with Crippen LogP contribution in [0, 0.1) is 11.3 Å². The first kappa shape index (κ1) is 32.2. The fourth-order valence-electron chi connectivity index (χ4n) is 4.14. The molecule has 1 aromatic heterocycles. The summed E-state index contributed by atoms with van der Waals surface area (Å²) in [6.07, 6.45) is -5.01. The number of aliphatic carboxylic acids is 3. The van der Waals surface area contributed by atoms with E-state index in [-0.39, 0.29) is 5.92 Å². The second-order valence-corrected chi connectivity index (χ2v) is 8.46. The number of nitrogens with zero attached hydrogens (tertiary/aromatic N) is 2. The number of carboxylic acids is 3. The molecule has 2 atom stereocenters. The normalized spacial score (nSPS) is 22.5. The van der Waals surface area contributed by atoms with Crippen LogP contribution in [0.1, 0.15) is 18.4 Å². The van der Waals surface area contributed by atoms with E-state index in [1.807, 2.05) is 6.07 Å². The molecule has 0 unspecified atom stereocenters. The molecule has 1 aromatic rings. The second-order valence-electron chi connectivity index (χ2n) is 8.46. The maximum atomic E-state index is 12.1. The highest BCUT2D eigenvalue weighted by Gasteiger charge is 2.53. The number of likely N-dealkylation sites (tertiary alicyclic amines) is 2. The summed E-state index contributed by atoms with van der Waals surface area (Å²) < 4.78 is 73.8. The monoisotopic (exact) mass is 550 g/mol. The van der Waals surface area contributed by atoms with E-state index in [0.717, 1.165) is 51.1 Å². The molecule has 3 heterocycles. The van der Waals surface area contributed by atoms with Crippen molar-refractivity contribution in [3.8, 4) is 0 Å². The van der Waals surface area contributed by atoms with Crippen LogP contribution in [0.4, 0.5) is 26.3 Å². The molecule has 0 radical (unpaired) electrons. The highest BCUT2D eigenvalue weighted by molar-refractivity contribution is 5.76. The predicted octanol–water partition coefficient (Wildman–Crippen LogP) is 2.79. The summed E-state index contributed by atoms with van der Waals surface area (Å²) in [5.74, 6) is -5.97. The van der Waals surface area contributed by atoms with E-state index in [1.165, 1.54) is 0 Å². The molecule has 37 heavy (non-hydrogen) atoms. The maximum absolute atomic E-state index is 12.1. The minimum absolute atomic E-state index is 0.172. The summed E-state index contributed by atoms with van der Waals surface area (Å²) in [5.41, 5.74) is 0.556. The number of hydrogen-bond acceptors (Lipinski definition) is 7. The minimum atomic E-state index is -5.08. The Hall–Kier alpha value is -2.85. The largest absolute Gasteiger partial charge is 0.490 e. The first-order chi connectivity index (χ1) is 17.0. The summed E-state index contributed by atoms with van der Waals surface area (Å²) in [4.78, 5) is 34.5. The average Bonchev–Trinajstić information content (AvgIpc) is 3.36. The predicted molar refractivity (Wildman–Crippen MR) is 112 cm³/mol. The van der Waals surface area contributed by atoms with Gasteiger partial charge >= 0.3 is 30.3 Å². The molecule has 2 aliphatic heterocycles. The van der Waals surface area contributed by atoms with Gasteiger partial charge in [0.25, 0.3) is 0 Å². The van der Waals surface area contributed by atoms with Gasteiger partial charge in [0.05, 0.1) is 24.5 Å². The van der Waals surface area contributed by atoms with E-state index >= 15 is 0 Å². The van der Waals surface area contributed by atoms with Gasteiger partial charge in [-0.3, -0.25) is 14.6 Å². The minimum Gasteiger partial charge on any atom is -0.481 e. The molecule has 2 fully saturated rings. The van der Waals surface area contributed by atoms with Crippen LogP contribution in [0.25, 0.3) is 0 Å². The summed E-state index contributed by atoms with van der Waals surface area (Å²) in [5, 5.41) is 24.2. The number of ether oxygens (including phenoxy) is 1. The summed E-state index contributed by atoms with van der Waals surface area (Å²) in [6, 6.07) is 1.98. The number of rotatable bonds is 6. The number of hydrogen-bond donors (Lipinski definition) is 3. The lowest BCUT2D eigenvalue weighted by molar-refractivity contribution is -0.193. The molecule has 3 rings (SSSR count). The summed E-state index contributed by atoms with van der Waals surface area (Å²) in [7, 11) is 1.69. The van der Waals surface area contributed by atoms with Crippen LogP contribution in [-0.2, 0) is 25.7 Å². The lowest BCUT2D eigenvalue weighted by Gasteiger charge is -2.29. The third-order valence-electron chi connectivity index (χ3n) is 5.85. The molecule has 3 N–H and O–H groups in total. The third-order valence-corrected chi connectivity index (χ3v) is 5.85. The van der Waals surface area contributed by atoms with Crippen LogP contribution in [0.2, 0.25) is 0 Å². The molecule has 0 aliphatic carbocycles. The molecule has 0 aromatic carbocycles. The molecule has 0 spiro atoms. The highest BCUT2D eigenvalue weighted by Crippen LogP contribution is 2.43. The lowest BCUT2D eigenvalue weighted by Crippen LogP contribution is -2.41. The molecular formula is C21H28F6N2O8. The fraction of sp³-hybridized carbons (Fsp3) is 0.667. The molecule has 0 amide bonds. The van der Waals surface area contributed by atoms with Crippen molar-refractivity contribution < 1.29 is 65.2 Å². The highest BCUT2D eigenvalue weighted by atomic mass is 19.4. The Morgan fingerprint density at radius 2 is 1.59 bits per heavy atom.